The second kappa shape index (κ2) is 5.18. The Bertz CT molecular complexity index is 485. The van der Waals surface area contributed by atoms with Crippen LogP contribution < -0.4 is 10.6 Å². The molecule has 1 aliphatic rings. The predicted molar refractivity (Wildman–Crippen MR) is 69.7 cm³/mol. The van der Waals surface area contributed by atoms with Crippen LogP contribution in [0.15, 0.2) is 18.2 Å². The average Bonchev–Trinajstić information content (AvgIpc) is 2.73. The average molecular weight is 247 g/mol. The van der Waals surface area contributed by atoms with E-state index in [0.717, 1.165) is 17.8 Å². The second-order valence-corrected chi connectivity index (χ2v) is 4.43. The van der Waals surface area contributed by atoms with Crippen molar-refractivity contribution >= 4 is 17.5 Å². The van der Waals surface area contributed by atoms with Crippen molar-refractivity contribution in [1.29, 1.82) is 0 Å². The molecule has 0 atom stereocenters. The van der Waals surface area contributed by atoms with Crippen molar-refractivity contribution in [3.05, 3.63) is 29.3 Å². The molecular formula is C13H17N3O2. The zero-order valence-corrected chi connectivity index (χ0v) is 10.6. The minimum atomic E-state index is -0.0331. The van der Waals surface area contributed by atoms with Gasteiger partial charge in [0.1, 0.15) is 0 Å². The minimum Gasteiger partial charge on any atom is -0.340 e. The van der Waals surface area contributed by atoms with E-state index >= 15 is 0 Å². The van der Waals surface area contributed by atoms with Gasteiger partial charge in [-0.3, -0.25) is 9.59 Å². The number of rotatable bonds is 4. The quantitative estimate of drug-likeness (QED) is 0.813. The van der Waals surface area contributed by atoms with Crippen molar-refractivity contribution in [2.24, 2.45) is 0 Å². The van der Waals surface area contributed by atoms with Crippen LogP contribution in [-0.2, 0) is 11.2 Å². The summed E-state index contributed by atoms with van der Waals surface area (Å²) in [7, 11) is 3.62. The highest BCUT2D eigenvalue weighted by molar-refractivity contribution is 6.02. The van der Waals surface area contributed by atoms with Gasteiger partial charge >= 0.3 is 0 Å². The number of hydrogen-bond acceptors (Lipinski definition) is 3. The molecule has 1 aromatic rings. The van der Waals surface area contributed by atoms with Crippen LogP contribution in [0.3, 0.4) is 0 Å². The van der Waals surface area contributed by atoms with Gasteiger partial charge in [0, 0.05) is 31.4 Å². The first kappa shape index (κ1) is 12.6. The Kier molecular flexibility index (Phi) is 3.62. The van der Waals surface area contributed by atoms with Gasteiger partial charge in [-0.1, -0.05) is 6.07 Å². The maximum absolute atomic E-state index is 12.1. The smallest absolute Gasteiger partial charge is 0.253 e. The summed E-state index contributed by atoms with van der Waals surface area (Å²) in [6.45, 7) is 1.41. The number of anilines is 1. The van der Waals surface area contributed by atoms with E-state index < -0.39 is 0 Å². The maximum atomic E-state index is 12.1. The van der Waals surface area contributed by atoms with Crippen molar-refractivity contribution in [3.63, 3.8) is 0 Å². The number of likely N-dealkylation sites (N-methyl/N-ethyl adjacent to an activating group) is 2. The Morgan fingerprint density at radius 2 is 2.28 bits per heavy atom. The van der Waals surface area contributed by atoms with Gasteiger partial charge in [-0.25, -0.2) is 0 Å². The highest BCUT2D eigenvalue weighted by atomic mass is 16.2. The summed E-state index contributed by atoms with van der Waals surface area (Å²) in [5, 5.41) is 5.75. The summed E-state index contributed by atoms with van der Waals surface area (Å²) in [4.78, 5) is 25.0. The largest absolute Gasteiger partial charge is 0.340 e. The van der Waals surface area contributed by atoms with Gasteiger partial charge in [0.2, 0.25) is 5.91 Å². The Labute approximate surface area is 106 Å². The number of amides is 2. The molecule has 0 saturated heterocycles. The molecule has 0 bridgehead atoms. The lowest BCUT2D eigenvalue weighted by atomic mass is 10.1. The third-order valence-electron chi connectivity index (χ3n) is 3.03. The highest BCUT2D eigenvalue weighted by Gasteiger charge is 2.20. The standard InChI is InChI=1S/C13H17N3O2/c1-14-5-6-16(2)13(18)10-4-3-9-8-12(17)15-11(9)7-10/h3-4,7,14H,5-6,8H2,1-2H3,(H,15,17). The molecular weight excluding hydrogens is 230 g/mol. The number of benzene rings is 1. The van der Waals surface area contributed by atoms with Crippen molar-refractivity contribution in [1.82, 2.24) is 10.2 Å². The fourth-order valence-electron chi connectivity index (χ4n) is 1.95. The van der Waals surface area contributed by atoms with E-state index in [9.17, 15) is 9.59 Å². The van der Waals surface area contributed by atoms with E-state index in [1.165, 1.54) is 0 Å². The van der Waals surface area contributed by atoms with Gasteiger partial charge < -0.3 is 15.5 Å². The van der Waals surface area contributed by atoms with Crippen LogP contribution in [-0.4, -0.2) is 43.9 Å². The summed E-state index contributed by atoms with van der Waals surface area (Å²) >= 11 is 0. The lowest BCUT2D eigenvalue weighted by Gasteiger charge is -2.17. The molecule has 0 aromatic heterocycles. The summed E-state index contributed by atoms with van der Waals surface area (Å²) in [6, 6.07) is 5.36. The molecule has 18 heavy (non-hydrogen) atoms. The SMILES string of the molecule is CNCCN(C)C(=O)c1ccc2c(c1)NC(=O)C2. The monoisotopic (exact) mass is 247 g/mol. The molecule has 0 spiro atoms. The fraction of sp³-hybridized carbons (Fsp3) is 0.385. The van der Waals surface area contributed by atoms with E-state index in [1.807, 2.05) is 13.1 Å². The first-order valence-electron chi connectivity index (χ1n) is 5.94. The molecule has 96 valence electrons. The summed E-state index contributed by atoms with van der Waals surface area (Å²) in [5.74, 6) is -0.0488. The molecule has 0 aliphatic carbocycles. The van der Waals surface area contributed by atoms with Gasteiger partial charge in [0.15, 0.2) is 0 Å². The number of nitrogens with one attached hydrogen (secondary N) is 2. The van der Waals surface area contributed by atoms with E-state index in [0.29, 0.717) is 18.5 Å². The Morgan fingerprint density at radius 1 is 1.50 bits per heavy atom. The van der Waals surface area contributed by atoms with Gasteiger partial charge in [0.25, 0.3) is 5.91 Å². The van der Waals surface area contributed by atoms with Gasteiger partial charge in [0.05, 0.1) is 6.42 Å². The molecule has 2 rings (SSSR count). The van der Waals surface area contributed by atoms with Gasteiger partial charge in [-0.2, -0.15) is 0 Å². The van der Waals surface area contributed by atoms with Crippen LogP contribution in [0.25, 0.3) is 0 Å². The molecule has 2 amide bonds. The summed E-state index contributed by atoms with van der Waals surface area (Å²) < 4.78 is 0. The summed E-state index contributed by atoms with van der Waals surface area (Å²) in [6.07, 6.45) is 0.402. The lowest BCUT2D eigenvalue weighted by Crippen LogP contribution is -2.32. The Balaban J connectivity index is 2.12. The molecule has 0 radical (unpaired) electrons. The third-order valence-corrected chi connectivity index (χ3v) is 3.03. The van der Waals surface area contributed by atoms with E-state index in [1.54, 1.807) is 24.1 Å². The van der Waals surface area contributed by atoms with E-state index in [4.69, 9.17) is 0 Å². The maximum Gasteiger partial charge on any atom is 0.253 e. The van der Waals surface area contributed by atoms with Crippen molar-refractivity contribution in [2.75, 3.05) is 32.5 Å². The lowest BCUT2D eigenvalue weighted by molar-refractivity contribution is -0.115. The van der Waals surface area contributed by atoms with Crippen molar-refractivity contribution < 1.29 is 9.59 Å². The van der Waals surface area contributed by atoms with Gasteiger partial charge in [-0.05, 0) is 24.7 Å². The molecule has 2 N–H and O–H groups in total. The fourth-order valence-corrected chi connectivity index (χ4v) is 1.95. The highest BCUT2D eigenvalue weighted by Crippen LogP contribution is 2.24. The van der Waals surface area contributed by atoms with Crippen molar-refractivity contribution in [3.8, 4) is 0 Å². The summed E-state index contributed by atoms with van der Waals surface area (Å²) in [5.41, 5.74) is 2.32. The molecule has 0 unspecified atom stereocenters. The van der Waals surface area contributed by atoms with Crippen molar-refractivity contribution in [2.45, 2.75) is 6.42 Å². The van der Waals surface area contributed by atoms with Crippen LogP contribution in [0.1, 0.15) is 15.9 Å². The van der Waals surface area contributed by atoms with Crippen LogP contribution in [0.4, 0.5) is 5.69 Å². The van der Waals surface area contributed by atoms with E-state index in [2.05, 4.69) is 10.6 Å². The zero-order chi connectivity index (χ0) is 13.1. The zero-order valence-electron chi connectivity index (χ0n) is 10.6. The van der Waals surface area contributed by atoms with Crippen LogP contribution in [0, 0.1) is 0 Å². The van der Waals surface area contributed by atoms with Crippen LogP contribution >= 0.6 is 0 Å². The molecule has 5 heteroatoms. The molecule has 1 heterocycles. The van der Waals surface area contributed by atoms with E-state index in [-0.39, 0.29) is 11.8 Å². The van der Waals surface area contributed by atoms with Gasteiger partial charge in [-0.15, -0.1) is 0 Å². The minimum absolute atomic E-state index is 0.0156. The number of carbonyl (C=O) groups excluding carboxylic acids is 2. The molecule has 1 aliphatic heterocycles. The molecule has 5 nitrogen and oxygen atoms in total. The molecule has 1 aromatic carbocycles. The first-order valence-corrected chi connectivity index (χ1v) is 5.94. The molecule has 0 fully saturated rings. The number of carbonyl (C=O) groups is 2. The normalized spacial score (nSPS) is 13.1. The third kappa shape index (κ3) is 2.51. The first-order chi connectivity index (χ1) is 8.61. The Hall–Kier alpha value is -1.88. The topological polar surface area (TPSA) is 61.4 Å². The predicted octanol–water partition coefficient (Wildman–Crippen LogP) is 0.473. The number of fused-ring (bicyclic) bond motifs is 1. The Morgan fingerprint density at radius 3 is 3.00 bits per heavy atom. The number of hydrogen-bond donors (Lipinski definition) is 2. The van der Waals surface area contributed by atoms with Crippen LogP contribution in [0.2, 0.25) is 0 Å². The number of nitrogens with zero attached hydrogens (tertiary/aromatic N) is 1. The van der Waals surface area contributed by atoms with Crippen LogP contribution in [0.5, 0.6) is 0 Å². The molecule has 0 saturated carbocycles. The second-order valence-electron chi connectivity index (χ2n) is 4.43.